The summed E-state index contributed by atoms with van der Waals surface area (Å²) in [5, 5.41) is 4.01. The van der Waals surface area contributed by atoms with E-state index in [-0.39, 0.29) is 30.5 Å². The Bertz CT molecular complexity index is 1030. The van der Waals surface area contributed by atoms with Gasteiger partial charge in [0.1, 0.15) is 11.6 Å². The van der Waals surface area contributed by atoms with Gasteiger partial charge in [0.15, 0.2) is 5.82 Å². The Morgan fingerprint density at radius 1 is 1.11 bits per heavy atom. The highest BCUT2D eigenvalue weighted by molar-refractivity contribution is 5.96. The van der Waals surface area contributed by atoms with E-state index in [9.17, 15) is 13.6 Å². The molecule has 27 heavy (non-hydrogen) atoms. The number of aromatic nitrogens is 2. The molecule has 0 aliphatic carbocycles. The quantitative estimate of drug-likeness (QED) is 0.696. The third kappa shape index (κ3) is 3.20. The van der Waals surface area contributed by atoms with Crippen molar-refractivity contribution < 1.29 is 18.1 Å². The van der Waals surface area contributed by atoms with Gasteiger partial charge in [-0.1, -0.05) is 11.2 Å². The molecule has 2 heterocycles. The van der Waals surface area contributed by atoms with E-state index in [4.69, 9.17) is 4.52 Å². The molecule has 2 aromatic carbocycles. The molecule has 1 unspecified atom stereocenters. The Morgan fingerprint density at radius 2 is 1.93 bits per heavy atom. The second kappa shape index (κ2) is 6.57. The van der Waals surface area contributed by atoms with E-state index in [0.717, 1.165) is 28.8 Å². The van der Waals surface area contributed by atoms with Crippen molar-refractivity contribution in [2.24, 2.45) is 0 Å². The second-order valence-electron chi connectivity index (χ2n) is 6.76. The zero-order chi connectivity index (χ0) is 19.1. The first kappa shape index (κ1) is 17.3. The van der Waals surface area contributed by atoms with Crippen molar-refractivity contribution in [2.75, 3.05) is 11.4 Å². The normalized spacial score (nSPS) is 17.0. The number of aryl methyl sites for hydroxylation is 2. The Labute approximate surface area is 154 Å². The molecule has 0 spiro atoms. The van der Waals surface area contributed by atoms with Crippen LogP contribution in [-0.2, 0) is 4.79 Å². The SMILES string of the molecule is Cc1ccc(-c2nc(C3CC(=O)N(c4ccc(F)cc4F)C3)no2)cc1C. The van der Waals surface area contributed by atoms with Gasteiger partial charge >= 0.3 is 0 Å². The van der Waals surface area contributed by atoms with Gasteiger partial charge in [-0.3, -0.25) is 4.79 Å². The van der Waals surface area contributed by atoms with Crippen LogP contribution in [0.25, 0.3) is 11.5 Å². The van der Waals surface area contributed by atoms with E-state index in [1.807, 2.05) is 32.0 Å². The molecule has 0 saturated carbocycles. The highest BCUT2D eigenvalue weighted by Gasteiger charge is 2.35. The van der Waals surface area contributed by atoms with Gasteiger partial charge < -0.3 is 9.42 Å². The van der Waals surface area contributed by atoms with Gasteiger partial charge in [0.05, 0.1) is 5.69 Å². The van der Waals surface area contributed by atoms with Gasteiger partial charge in [-0.25, -0.2) is 8.78 Å². The highest BCUT2D eigenvalue weighted by Crippen LogP contribution is 2.33. The van der Waals surface area contributed by atoms with E-state index in [1.165, 1.54) is 11.0 Å². The van der Waals surface area contributed by atoms with Crippen molar-refractivity contribution in [3.8, 4) is 11.5 Å². The predicted octanol–water partition coefficient (Wildman–Crippen LogP) is 4.15. The topological polar surface area (TPSA) is 59.2 Å². The van der Waals surface area contributed by atoms with Crippen LogP contribution in [0.15, 0.2) is 40.9 Å². The molecule has 1 amide bonds. The Morgan fingerprint density at radius 3 is 2.67 bits per heavy atom. The lowest BCUT2D eigenvalue weighted by Gasteiger charge is -2.16. The maximum atomic E-state index is 14.0. The van der Waals surface area contributed by atoms with Crippen molar-refractivity contribution in [3.63, 3.8) is 0 Å². The van der Waals surface area contributed by atoms with E-state index >= 15 is 0 Å². The maximum Gasteiger partial charge on any atom is 0.257 e. The number of amides is 1. The monoisotopic (exact) mass is 369 g/mol. The molecular weight excluding hydrogens is 352 g/mol. The minimum Gasteiger partial charge on any atom is -0.334 e. The van der Waals surface area contributed by atoms with Gasteiger partial charge in [-0.15, -0.1) is 0 Å². The number of hydrogen-bond donors (Lipinski definition) is 0. The summed E-state index contributed by atoms with van der Waals surface area (Å²) in [5.74, 6) is -1.24. The lowest BCUT2D eigenvalue weighted by molar-refractivity contribution is -0.117. The number of benzene rings is 2. The molecule has 4 rings (SSSR count). The number of nitrogens with zero attached hydrogens (tertiary/aromatic N) is 3. The first-order chi connectivity index (χ1) is 12.9. The minimum atomic E-state index is -0.770. The molecule has 1 saturated heterocycles. The predicted molar refractivity (Wildman–Crippen MR) is 95.3 cm³/mol. The van der Waals surface area contributed by atoms with Crippen LogP contribution < -0.4 is 4.90 Å². The summed E-state index contributed by atoms with van der Waals surface area (Å²) in [4.78, 5) is 18.1. The highest BCUT2D eigenvalue weighted by atomic mass is 19.1. The van der Waals surface area contributed by atoms with Gasteiger partial charge in [0.2, 0.25) is 5.91 Å². The van der Waals surface area contributed by atoms with Crippen molar-refractivity contribution in [1.82, 2.24) is 10.1 Å². The van der Waals surface area contributed by atoms with Crippen LogP contribution in [0.2, 0.25) is 0 Å². The molecule has 3 aromatic rings. The zero-order valence-corrected chi connectivity index (χ0v) is 14.9. The van der Waals surface area contributed by atoms with Gasteiger partial charge in [-0.05, 0) is 49.2 Å². The number of anilines is 1. The zero-order valence-electron chi connectivity index (χ0n) is 14.9. The van der Waals surface area contributed by atoms with Crippen LogP contribution in [0.5, 0.6) is 0 Å². The smallest absolute Gasteiger partial charge is 0.257 e. The molecule has 138 valence electrons. The molecule has 0 N–H and O–H groups in total. The summed E-state index contributed by atoms with van der Waals surface area (Å²) >= 11 is 0. The van der Waals surface area contributed by atoms with Crippen molar-refractivity contribution in [3.05, 3.63) is 65.0 Å². The molecule has 5 nitrogen and oxygen atoms in total. The molecule has 1 aliphatic rings. The third-order valence-electron chi connectivity index (χ3n) is 4.89. The van der Waals surface area contributed by atoms with Gasteiger partial charge in [0.25, 0.3) is 5.89 Å². The van der Waals surface area contributed by atoms with Crippen molar-refractivity contribution in [1.29, 1.82) is 0 Å². The third-order valence-corrected chi connectivity index (χ3v) is 4.89. The molecular formula is C20H17F2N3O2. The lowest BCUT2D eigenvalue weighted by atomic mass is 10.1. The van der Waals surface area contributed by atoms with Crippen LogP contribution in [0.4, 0.5) is 14.5 Å². The number of carbonyl (C=O) groups is 1. The average Bonchev–Trinajstić information content (AvgIpc) is 3.25. The molecule has 0 radical (unpaired) electrons. The summed E-state index contributed by atoms with van der Waals surface area (Å²) < 4.78 is 32.5. The molecule has 1 atom stereocenters. The van der Waals surface area contributed by atoms with Crippen LogP contribution >= 0.6 is 0 Å². The van der Waals surface area contributed by atoms with E-state index in [1.54, 1.807) is 0 Å². The fraction of sp³-hybridized carbons (Fsp3) is 0.250. The molecule has 1 aromatic heterocycles. The summed E-state index contributed by atoms with van der Waals surface area (Å²) in [6, 6.07) is 9.01. The van der Waals surface area contributed by atoms with Gasteiger partial charge in [0, 0.05) is 30.5 Å². The minimum absolute atomic E-state index is 0.0572. The Hall–Kier alpha value is -3.09. The van der Waals surface area contributed by atoms with E-state index in [0.29, 0.717) is 11.7 Å². The average molecular weight is 369 g/mol. The van der Waals surface area contributed by atoms with Crippen LogP contribution in [0.3, 0.4) is 0 Å². The summed E-state index contributed by atoms with van der Waals surface area (Å²) in [6.07, 6.45) is 0.142. The standard InChI is InChI=1S/C20H17F2N3O2/c1-11-3-4-13(7-12(11)2)20-23-19(24-27-20)14-8-18(26)25(10-14)17-6-5-15(21)9-16(17)22/h3-7,9,14H,8,10H2,1-2H3. The summed E-state index contributed by atoms with van der Waals surface area (Å²) in [5.41, 5.74) is 3.14. The van der Waals surface area contributed by atoms with Crippen molar-refractivity contribution >= 4 is 11.6 Å². The fourth-order valence-corrected chi connectivity index (χ4v) is 3.21. The second-order valence-corrected chi connectivity index (χ2v) is 6.76. The van der Waals surface area contributed by atoms with E-state index < -0.39 is 11.6 Å². The largest absolute Gasteiger partial charge is 0.334 e. The van der Waals surface area contributed by atoms with Crippen LogP contribution in [-0.4, -0.2) is 22.6 Å². The first-order valence-electron chi connectivity index (χ1n) is 8.59. The first-order valence-corrected chi connectivity index (χ1v) is 8.59. The van der Waals surface area contributed by atoms with Crippen LogP contribution in [0, 0.1) is 25.5 Å². The van der Waals surface area contributed by atoms with Crippen molar-refractivity contribution in [2.45, 2.75) is 26.2 Å². The molecule has 1 aliphatic heterocycles. The molecule has 7 heteroatoms. The Kier molecular flexibility index (Phi) is 4.22. The summed E-state index contributed by atoms with van der Waals surface area (Å²) in [7, 11) is 0. The number of rotatable bonds is 3. The van der Waals surface area contributed by atoms with Crippen LogP contribution in [0.1, 0.15) is 29.3 Å². The Balaban J connectivity index is 1.57. The summed E-state index contributed by atoms with van der Waals surface area (Å²) in [6.45, 7) is 4.24. The van der Waals surface area contributed by atoms with Gasteiger partial charge in [-0.2, -0.15) is 4.98 Å². The number of hydrogen-bond acceptors (Lipinski definition) is 4. The number of carbonyl (C=O) groups excluding carboxylic acids is 1. The number of halogens is 2. The molecule has 1 fully saturated rings. The fourth-order valence-electron chi connectivity index (χ4n) is 3.21. The lowest BCUT2D eigenvalue weighted by Crippen LogP contribution is -2.25. The molecule has 0 bridgehead atoms. The maximum absolute atomic E-state index is 14.0. The van der Waals surface area contributed by atoms with E-state index in [2.05, 4.69) is 10.1 Å².